The largest absolute Gasteiger partial charge is 0.381 e. The van der Waals surface area contributed by atoms with E-state index in [4.69, 9.17) is 5.73 Å². The van der Waals surface area contributed by atoms with Crippen LogP contribution in [0.5, 0.6) is 0 Å². The number of unbranched alkanes of at least 4 members (excludes halogenated alkanes) is 1. The highest BCUT2D eigenvalue weighted by Gasteiger charge is 2.33. The zero-order valence-corrected chi connectivity index (χ0v) is 12.9. The number of nitrogens with one attached hydrogen (secondary N) is 3. The Morgan fingerprint density at radius 2 is 2.23 bits per heavy atom. The van der Waals surface area contributed by atoms with Gasteiger partial charge < -0.3 is 26.8 Å². The highest BCUT2D eigenvalue weighted by atomic mass is 16.3. The second kappa shape index (κ2) is 9.37. The van der Waals surface area contributed by atoms with Crippen molar-refractivity contribution < 1.29 is 19.5 Å². The van der Waals surface area contributed by atoms with Gasteiger partial charge in [0.2, 0.25) is 11.8 Å². The summed E-state index contributed by atoms with van der Waals surface area (Å²) >= 11 is 0. The fourth-order valence-electron chi connectivity index (χ4n) is 2.38. The van der Waals surface area contributed by atoms with Crippen molar-refractivity contribution in [3.05, 3.63) is 0 Å². The second-order valence-electron chi connectivity index (χ2n) is 5.48. The predicted octanol–water partition coefficient (Wildman–Crippen LogP) is -1.77. The van der Waals surface area contributed by atoms with Gasteiger partial charge in [0.1, 0.15) is 0 Å². The molecule has 0 aromatic rings. The Hall–Kier alpha value is -1.67. The lowest BCUT2D eigenvalue weighted by Crippen LogP contribution is -2.52. The van der Waals surface area contributed by atoms with E-state index in [-0.39, 0.29) is 24.8 Å². The van der Waals surface area contributed by atoms with E-state index < -0.39 is 24.0 Å². The van der Waals surface area contributed by atoms with E-state index in [1.165, 1.54) is 0 Å². The Kier molecular flexibility index (Phi) is 7.83. The van der Waals surface area contributed by atoms with Crippen molar-refractivity contribution in [3.8, 4) is 0 Å². The smallest absolute Gasteiger partial charge is 0.250 e. The molecular weight excluding hydrogens is 288 g/mol. The summed E-state index contributed by atoms with van der Waals surface area (Å²) in [5.74, 6) is -1.45. The van der Waals surface area contributed by atoms with Crippen molar-refractivity contribution >= 4 is 17.7 Å². The van der Waals surface area contributed by atoms with E-state index in [0.717, 1.165) is 12.8 Å². The lowest BCUT2D eigenvalue weighted by atomic mass is 9.94. The zero-order valence-electron chi connectivity index (χ0n) is 12.9. The van der Waals surface area contributed by atoms with Crippen LogP contribution >= 0.6 is 0 Å². The van der Waals surface area contributed by atoms with Crippen molar-refractivity contribution in [2.24, 2.45) is 11.7 Å². The molecule has 8 heteroatoms. The van der Waals surface area contributed by atoms with Crippen LogP contribution in [0.3, 0.4) is 0 Å². The van der Waals surface area contributed by atoms with Gasteiger partial charge in [0.25, 0.3) is 5.91 Å². The third kappa shape index (κ3) is 5.61. The summed E-state index contributed by atoms with van der Waals surface area (Å²) in [5, 5.41) is 18.0. The van der Waals surface area contributed by atoms with Gasteiger partial charge >= 0.3 is 0 Å². The van der Waals surface area contributed by atoms with Crippen molar-refractivity contribution in [1.82, 2.24) is 16.0 Å². The summed E-state index contributed by atoms with van der Waals surface area (Å²) < 4.78 is 0. The highest BCUT2D eigenvalue weighted by molar-refractivity contribution is 5.84. The van der Waals surface area contributed by atoms with Gasteiger partial charge in [-0.15, -0.1) is 0 Å². The van der Waals surface area contributed by atoms with E-state index in [0.29, 0.717) is 19.5 Å². The summed E-state index contributed by atoms with van der Waals surface area (Å²) in [5.41, 5.74) is 5.26. The molecule has 0 aromatic carbocycles. The second-order valence-corrected chi connectivity index (χ2v) is 5.48. The molecule has 3 atom stereocenters. The average molecular weight is 314 g/mol. The normalized spacial score (nSPS) is 20.1. The standard InChI is InChI=1S/C14H26N4O4/c1-2-3-5-16-14(22)12(20)10(18-11(19)8-15)7-9-4-6-17-13(9)21/h9-10,12,20H,2-8,15H2,1H3,(H,16,22)(H,17,21)(H,18,19). The molecular formula is C14H26N4O4. The van der Waals surface area contributed by atoms with Gasteiger partial charge in [0.15, 0.2) is 6.10 Å². The molecule has 0 radical (unpaired) electrons. The van der Waals surface area contributed by atoms with Crippen LogP contribution in [0.1, 0.15) is 32.6 Å². The molecule has 1 aliphatic heterocycles. The molecule has 1 fully saturated rings. The number of amides is 3. The number of carbonyl (C=O) groups excluding carboxylic acids is 3. The third-order valence-corrected chi connectivity index (χ3v) is 3.71. The first-order valence-corrected chi connectivity index (χ1v) is 7.72. The molecule has 0 spiro atoms. The predicted molar refractivity (Wildman–Crippen MR) is 80.6 cm³/mol. The number of carbonyl (C=O) groups is 3. The summed E-state index contributed by atoms with van der Waals surface area (Å²) in [6.45, 7) is 2.79. The lowest BCUT2D eigenvalue weighted by Gasteiger charge is -2.25. The van der Waals surface area contributed by atoms with E-state index >= 15 is 0 Å². The van der Waals surface area contributed by atoms with Gasteiger partial charge in [0.05, 0.1) is 12.6 Å². The van der Waals surface area contributed by atoms with Crippen molar-refractivity contribution in [3.63, 3.8) is 0 Å². The topological polar surface area (TPSA) is 134 Å². The molecule has 8 nitrogen and oxygen atoms in total. The summed E-state index contributed by atoms with van der Waals surface area (Å²) in [6.07, 6.45) is 1.16. The van der Waals surface area contributed by atoms with Crippen molar-refractivity contribution in [2.75, 3.05) is 19.6 Å². The van der Waals surface area contributed by atoms with E-state index in [9.17, 15) is 19.5 Å². The van der Waals surface area contributed by atoms with Crippen LogP contribution in [0, 0.1) is 5.92 Å². The molecule has 1 saturated heterocycles. The SMILES string of the molecule is CCCCNC(=O)C(O)C(CC1CCNC1=O)NC(=O)CN. The minimum absolute atomic E-state index is 0.120. The quantitative estimate of drug-likeness (QED) is 0.321. The molecule has 1 heterocycles. The van der Waals surface area contributed by atoms with Crippen LogP contribution in [-0.2, 0) is 14.4 Å². The molecule has 0 bridgehead atoms. The molecule has 3 amide bonds. The van der Waals surface area contributed by atoms with Crippen LogP contribution < -0.4 is 21.7 Å². The Morgan fingerprint density at radius 1 is 1.50 bits per heavy atom. The van der Waals surface area contributed by atoms with Gasteiger partial charge in [-0.2, -0.15) is 0 Å². The minimum Gasteiger partial charge on any atom is -0.381 e. The minimum atomic E-state index is -1.40. The Bertz CT molecular complexity index is 402. The molecule has 3 unspecified atom stereocenters. The van der Waals surface area contributed by atoms with Gasteiger partial charge in [-0.05, 0) is 19.3 Å². The molecule has 0 aliphatic carbocycles. The molecule has 6 N–H and O–H groups in total. The lowest BCUT2D eigenvalue weighted by molar-refractivity contribution is -0.133. The van der Waals surface area contributed by atoms with Gasteiger partial charge in [-0.3, -0.25) is 14.4 Å². The zero-order chi connectivity index (χ0) is 16.5. The van der Waals surface area contributed by atoms with Crippen LogP contribution in [0.25, 0.3) is 0 Å². The van der Waals surface area contributed by atoms with E-state index in [2.05, 4.69) is 16.0 Å². The van der Waals surface area contributed by atoms with Crippen LogP contribution in [-0.4, -0.2) is 54.6 Å². The molecule has 1 rings (SSSR count). The summed E-state index contributed by atoms with van der Waals surface area (Å²) in [7, 11) is 0. The maximum Gasteiger partial charge on any atom is 0.250 e. The number of aliphatic hydroxyl groups is 1. The number of aliphatic hydroxyl groups excluding tert-OH is 1. The first kappa shape index (κ1) is 18.4. The fraction of sp³-hybridized carbons (Fsp3) is 0.786. The highest BCUT2D eigenvalue weighted by Crippen LogP contribution is 2.18. The van der Waals surface area contributed by atoms with E-state index in [1.807, 2.05) is 6.92 Å². The third-order valence-electron chi connectivity index (χ3n) is 3.71. The Labute approximate surface area is 130 Å². The summed E-state index contributed by atoms with van der Waals surface area (Å²) in [4.78, 5) is 35.1. The number of rotatable bonds is 9. The van der Waals surface area contributed by atoms with E-state index in [1.54, 1.807) is 0 Å². The van der Waals surface area contributed by atoms with Crippen LogP contribution in [0.15, 0.2) is 0 Å². The number of hydrogen-bond acceptors (Lipinski definition) is 5. The summed E-state index contributed by atoms with van der Waals surface area (Å²) in [6, 6.07) is -0.827. The fourth-order valence-corrected chi connectivity index (χ4v) is 2.38. The first-order valence-electron chi connectivity index (χ1n) is 7.72. The maximum atomic E-state index is 11.9. The van der Waals surface area contributed by atoms with Crippen LogP contribution in [0.4, 0.5) is 0 Å². The van der Waals surface area contributed by atoms with Crippen molar-refractivity contribution in [1.29, 1.82) is 0 Å². The molecule has 126 valence electrons. The average Bonchev–Trinajstić information content (AvgIpc) is 2.91. The molecule has 22 heavy (non-hydrogen) atoms. The van der Waals surface area contributed by atoms with Crippen LogP contribution in [0.2, 0.25) is 0 Å². The van der Waals surface area contributed by atoms with Gasteiger partial charge in [-0.25, -0.2) is 0 Å². The number of hydrogen-bond donors (Lipinski definition) is 5. The maximum absolute atomic E-state index is 11.9. The Balaban J connectivity index is 2.64. The first-order chi connectivity index (χ1) is 10.5. The van der Waals surface area contributed by atoms with Gasteiger partial charge in [0, 0.05) is 19.0 Å². The number of nitrogens with two attached hydrogens (primary N) is 1. The van der Waals surface area contributed by atoms with Gasteiger partial charge in [-0.1, -0.05) is 13.3 Å². The molecule has 0 saturated carbocycles. The Morgan fingerprint density at radius 3 is 2.77 bits per heavy atom. The molecule has 1 aliphatic rings. The van der Waals surface area contributed by atoms with Crippen molar-refractivity contribution in [2.45, 2.75) is 44.8 Å². The monoisotopic (exact) mass is 314 g/mol. The molecule has 0 aromatic heterocycles.